The van der Waals surface area contributed by atoms with Crippen LogP contribution in [0.1, 0.15) is 58.9 Å². The van der Waals surface area contributed by atoms with E-state index in [2.05, 4.69) is 22.5 Å². The first-order chi connectivity index (χ1) is 15.5. The normalized spacial score (nSPS) is 19.1. The zero-order valence-corrected chi connectivity index (χ0v) is 19.0. The fourth-order valence-corrected chi connectivity index (χ4v) is 4.45. The lowest BCUT2D eigenvalue weighted by molar-refractivity contribution is 0.0858. The van der Waals surface area contributed by atoms with Gasteiger partial charge in [-0.1, -0.05) is 25.1 Å². The summed E-state index contributed by atoms with van der Waals surface area (Å²) in [6.45, 7) is 7.33. The third-order valence-corrected chi connectivity index (χ3v) is 6.53. The number of carbonyl (C=O) groups is 2. The molecule has 0 spiro atoms. The monoisotopic (exact) mass is 435 g/mol. The van der Waals surface area contributed by atoms with E-state index in [4.69, 9.17) is 4.74 Å². The zero-order valence-electron chi connectivity index (χ0n) is 19.0. The molecule has 0 radical (unpaired) electrons. The number of ether oxygens (including phenoxy) is 1. The van der Waals surface area contributed by atoms with Gasteiger partial charge in [-0.15, -0.1) is 0 Å². The lowest BCUT2D eigenvalue weighted by atomic mass is 9.97. The second-order valence-corrected chi connectivity index (χ2v) is 9.02. The van der Waals surface area contributed by atoms with E-state index in [-0.39, 0.29) is 17.9 Å². The van der Waals surface area contributed by atoms with E-state index in [9.17, 15) is 9.59 Å². The second kappa shape index (κ2) is 10.2. The van der Waals surface area contributed by atoms with Gasteiger partial charge in [0.25, 0.3) is 11.8 Å². The minimum atomic E-state index is -0.173. The van der Waals surface area contributed by atoms with Crippen molar-refractivity contribution in [1.82, 2.24) is 5.32 Å². The topological polar surface area (TPSA) is 70.7 Å². The molecule has 170 valence electrons. The summed E-state index contributed by atoms with van der Waals surface area (Å²) in [5, 5.41) is 6.01. The highest BCUT2D eigenvalue weighted by molar-refractivity contribution is 6.07. The molecule has 2 saturated heterocycles. The van der Waals surface area contributed by atoms with E-state index in [0.29, 0.717) is 29.3 Å². The highest BCUT2D eigenvalue weighted by atomic mass is 16.5. The van der Waals surface area contributed by atoms with Gasteiger partial charge in [0.05, 0.1) is 11.7 Å². The molecule has 2 N–H and O–H groups in total. The minimum Gasteiger partial charge on any atom is -0.376 e. The Balaban J connectivity index is 1.55. The summed E-state index contributed by atoms with van der Waals surface area (Å²) >= 11 is 0. The van der Waals surface area contributed by atoms with Crippen LogP contribution in [-0.4, -0.2) is 44.2 Å². The molecule has 32 heavy (non-hydrogen) atoms. The van der Waals surface area contributed by atoms with Crippen LogP contribution in [0, 0.1) is 12.8 Å². The van der Waals surface area contributed by atoms with Crippen LogP contribution in [0.15, 0.2) is 42.5 Å². The number of hydrogen-bond donors (Lipinski definition) is 2. The molecule has 6 heteroatoms. The Bertz CT molecular complexity index is 961. The van der Waals surface area contributed by atoms with E-state index >= 15 is 0 Å². The predicted molar refractivity (Wildman–Crippen MR) is 127 cm³/mol. The van der Waals surface area contributed by atoms with Gasteiger partial charge in [0, 0.05) is 43.2 Å². The Morgan fingerprint density at radius 2 is 1.81 bits per heavy atom. The molecule has 4 rings (SSSR count). The van der Waals surface area contributed by atoms with Crippen molar-refractivity contribution in [2.45, 2.75) is 45.6 Å². The number of nitrogens with one attached hydrogen (secondary N) is 2. The van der Waals surface area contributed by atoms with Crippen molar-refractivity contribution in [2.24, 2.45) is 5.92 Å². The Labute approximate surface area is 190 Å². The van der Waals surface area contributed by atoms with Crippen LogP contribution in [0.3, 0.4) is 0 Å². The Morgan fingerprint density at radius 3 is 2.53 bits per heavy atom. The number of hydrogen-bond acceptors (Lipinski definition) is 4. The number of amides is 2. The molecule has 2 fully saturated rings. The molecule has 0 aromatic heterocycles. The summed E-state index contributed by atoms with van der Waals surface area (Å²) in [6, 6.07) is 13.1. The Kier molecular flexibility index (Phi) is 7.10. The number of piperidine rings is 1. The number of rotatable bonds is 6. The fraction of sp³-hybridized carbons (Fsp3) is 0.462. The smallest absolute Gasteiger partial charge is 0.255 e. The van der Waals surface area contributed by atoms with Crippen molar-refractivity contribution in [3.63, 3.8) is 0 Å². The molecule has 6 nitrogen and oxygen atoms in total. The van der Waals surface area contributed by atoms with Crippen LogP contribution in [0.25, 0.3) is 0 Å². The van der Waals surface area contributed by atoms with E-state index in [1.165, 1.54) is 0 Å². The molecular weight excluding hydrogens is 402 g/mol. The van der Waals surface area contributed by atoms with E-state index in [1.807, 2.05) is 43.3 Å². The molecule has 1 atom stereocenters. The predicted octanol–water partition coefficient (Wildman–Crippen LogP) is 4.39. The highest BCUT2D eigenvalue weighted by Gasteiger charge is 2.23. The zero-order chi connectivity index (χ0) is 22.5. The average molecular weight is 436 g/mol. The standard InChI is InChI=1S/C26H33N3O3/c1-18-11-13-29(14-12-18)24-10-9-20(28-26(31)22-8-4-3-6-19(22)2)16-23(24)25(30)27-17-21-7-5-15-32-21/h3-4,6,8-10,16,18,21H,5,7,11-15,17H2,1-2H3,(H,27,30)(H,28,31). The molecule has 2 aromatic carbocycles. The molecule has 0 bridgehead atoms. The van der Waals surface area contributed by atoms with Gasteiger partial charge in [0.1, 0.15) is 0 Å². The lowest BCUT2D eigenvalue weighted by Gasteiger charge is -2.33. The van der Waals surface area contributed by atoms with Crippen molar-refractivity contribution < 1.29 is 14.3 Å². The van der Waals surface area contributed by atoms with Crippen molar-refractivity contribution in [3.8, 4) is 0 Å². The van der Waals surface area contributed by atoms with Gasteiger partial charge < -0.3 is 20.3 Å². The van der Waals surface area contributed by atoms with Crippen LogP contribution >= 0.6 is 0 Å². The van der Waals surface area contributed by atoms with Crippen molar-refractivity contribution in [1.29, 1.82) is 0 Å². The first kappa shape index (κ1) is 22.3. The summed E-state index contributed by atoms with van der Waals surface area (Å²) in [6.07, 6.45) is 4.33. The molecule has 0 saturated carbocycles. The minimum absolute atomic E-state index is 0.0853. The molecule has 2 aromatic rings. The summed E-state index contributed by atoms with van der Waals surface area (Å²) in [5.41, 5.74) is 3.69. The SMILES string of the molecule is Cc1ccccc1C(=O)Nc1ccc(N2CCC(C)CC2)c(C(=O)NCC2CCCO2)c1. The van der Waals surface area contributed by atoms with Crippen LogP contribution < -0.4 is 15.5 Å². The molecule has 2 amide bonds. The number of carbonyl (C=O) groups excluding carboxylic acids is 2. The Morgan fingerprint density at radius 1 is 1.03 bits per heavy atom. The number of anilines is 2. The van der Waals surface area contributed by atoms with Gasteiger partial charge in [-0.25, -0.2) is 0 Å². The van der Waals surface area contributed by atoms with E-state index in [1.54, 1.807) is 6.07 Å². The number of aryl methyl sites for hydroxylation is 1. The van der Waals surface area contributed by atoms with Gasteiger partial charge in [0.2, 0.25) is 0 Å². The van der Waals surface area contributed by atoms with E-state index < -0.39 is 0 Å². The summed E-state index contributed by atoms with van der Waals surface area (Å²) in [4.78, 5) is 28.3. The van der Waals surface area contributed by atoms with Crippen molar-refractivity contribution >= 4 is 23.2 Å². The summed E-state index contributed by atoms with van der Waals surface area (Å²) in [7, 11) is 0. The van der Waals surface area contributed by atoms with Gasteiger partial charge in [-0.3, -0.25) is 9.59 Å². The first-order valence-corrected chi connectivity index (χ1v) is 11.7. The average Bonchev–Trinajstić information content (AvgIpc) is 3.32. The third kappa shape index (κ3) is 5.30. The quantitative estimate of drug-likeness (QED) is 0.706. The second-order valence-electron chi connectivity index (χ2n) is 9.02. The molecular formula is C26H33N3O3. The largest absolute Gasteiger partial charge is 0.376 e. The Hall–Kier alpha value is -2.86. The molecule has 1 unspecified atom stereocenters. The lowest BCUT2D eigenvalue weighted by Crippen LogP contribution is -2.36. The van der Waals surface area contributed by atoms with Gasteiger partial charge >= 0.3 is 0 Å². The van der Waals surface area contributed by atoms with Crippen LogP contribution in [0.5, 0.6) is 0 Å². The van der Waals surface area contributed by atoms with E-state index in [0.717, 1.165) is 56.6 Å². The van der Waals surface area contributed by atoms with Crippen LogP contribution in [-0.2, 0) is 4.74 Å². The summed E-state index contributed by atoms with van der Waals surface area (Å²) in [5.74, 6) is 0.408. The maximum atomic E-state index is 13.2. The number of benzene rings is 2. The molecule has 2 aliphatic rings. The molecule has 2 aliphatic heterocycles. The first-order valence-electron chi connectivity index (χ1n) is 11.7. The summed E-state index contributed by atoms with van der Waals surface area (Å²) < 4.78 is 5.65. The van der Waals surface area contributed by atoms with Crippen LogP contribution in [0.4, 0.5) is 11.4 Å². The van der Waals surface area contributed by atoms with Crippen LogP contribution in [0.2, 0.25) is 0 Å². The van der Waals surface area contributed by atoms with Gasteiger partial charge in [0.15, 0.2) is 0 Å². The van der Waals surface area contributed by atoms with Crippen molar-refractivity contribution in [2.75, 3.05) is 36.5 Å². The highest BCUT2D eigenvalue weighted by Crippen LogP contribution is 2.29. The van der Waals surface area contributed by atoms with Gasteiger partial charge in [-0.05, 0) is 68.4 Å². The van der Waals surface area contributed by atoms with Crippen molar-refractivity contribution in [3.05, 3.63) is 59.2 Å². The van der Waals surface area contributed by atoms with Gasteiger partial charge in [-0.2, -0.15) is 0 Å². The molecule has 2 heterocycles. The third-order valence-electron chi connectivity index (χ3n) is 6.53. The maximum absolute atomic E-state index is 13.2. The number of nitrogens with zero attached hydrogens (tertiary/aromatic N) is 1. The molecule has 0 aliphatic carbocycles. The fourth-order valence-electron chi connectivity index (χ4n) is 4.45. The maximum Gasteiger partial charge on any atom is 0.255 e.